The van der Waals surface area contributed by atoms with Crippen molar-refractivity contribution in [3.8, 4) is 0 Å². The van der Waals surface area contributed by atoms with E-state index in [0.717, 1.165) is 5.56 Å². The normalized spacial score (nSPS) is 11.5. The predicted octanol–water partition coefficient (Wildman–Crippen LogP) is 1.55. The number of aliphatic hydroxyl groups is 1. The molecule has 1 unspecified atom stereocenters. The third-order valence-corrected chi connectivity index (χ3v) is 1.56. The molecule has 0 bridgehead atoms. The van der Waals surface area contributed by atoms with Gasteiger partial charge in [0.25, 0.3) is 0 Å². The average molecular weight is 182 g/mol. The molecular weight excluding hydrogens is 164 g/mol. The maximum atomic E-state index is 9.03. The third-order valence-electron chi connectivity index (χ3n) is 1.56. The number of nitrogens with two attached hydrogens (primary N) is 2. The minimum atomic E-state index is -0.977. The van der Waals surface area contributed by atoms with Gasteiger partial charge in [0.05, 0.1) is 0 Å². The maximum Gasteiger partial charge on any atom is 0.130 e. The van der Waals surface area contributed by atoms with E-state index >= 15 is 0 Å². The van der Waals surface area contributed by atoms with Gasteiger partial charge in [-0.25, -0.2) is 0 Å². The molecule has 3 heteroatoms. The van der Waals surface area contributed by atoms with Crippen LogP contribution in [0.15, 0.2) is 18.2 Å². The summed E-state index contributed by atoms with van der Waals surface area (Å²) >= 11 is 0. The zero-order chi connectivity index (χ0) is 10.4. The fourth-order valence-electron chi connectivity index (χ4n) is 0.950. The summed E-state index contributed by atoms with van der Waals surface area (Å²) in [5.74, 6) is 0. The summed E-state index contributed by atoms with van der Waals surface area (Å²) in [7, 11) is 0. The largest absolute Gasteiger partial charge is 0.398 e. The zero-order valence-corrected chi connectivity index (χ0v) is 8.41. The molecule has 0 fully saturated rings. The molecular formula is C10H18N2O. The number of hydrogen-bond donors (Lipinski definition) is 3. The highest BCUT2D eigenvalue weighted by molar-refractivity contribution is 5.49. The van der Waals surface area contributed by atoms with E-state index < -0.39 is 6.23 Å². The van der Waals surface area contributed by atoms with Gasteiger partial charge < -0.3 is 16.6 Å². The first-order valence-electron chi connectivity index (χ1n) is 4.41. The van der Waals surface area contributed by atoms with Gasteiger partial charge >= 0.3 is 0 Å². The SMILES string of the molecule is CC.Cc1ccc(N)c(C(N)O)c1. The van der Waals surface area contributed by atoms with Crippen LogP contribution in [0.1, 0.15) is 31.2 Å². The second-order valence-corrected chi connectivity index (χ2v) is 2.58. The van der Waals surface area contributed by atoms with Gasteiger partial charge in [0.15, 0.2) is 0 Å². The van der Waals surface area contributed by atoms with E-state index in [1.54, 1.807) is 12.1 Å². The molecule has 0 saturated heterocycles. The first-order valence-corrected chi connectivity index (χ1v) is 4.41. The molecule has 0 aliphatic rings. The third kappa shape index (κ3) is 3.44. The van der Waals surface area contributed by atoms with Crippen LogP contribution in [-0.2, 0) is 0 Å². The summed E-state index contributed by atoms with van der Waals surface area (Å²) in [5, 5.41) is 9.03. The van der Waals surface area contributed by atoms with Crippen LogP contribution in [0.3, 0.4) is 0 Å². The quantitative estimate of drug-likeness (QED) is 0.456. The van der Waals surface area contributed by atoms with Gasteiger partial charge in [-0.3, -0.25) is 0 Å². The van der Waals surface area contributed by atoms with Gasteiger partial charge in [-0.05, 0) is 13.0 Å². The number of benzene rings is 1. The Morgan fingerprint density at radius 1 is 1.31 bits per heavy atom. The molecule has 0 aliphatic heterocycles. The van der Waals surface area contributed by atoms with Crippen LogP contribution in [0, 0.1) is 6.92 Å². The van der Waals surface area contributed by atoms with Crippen LogP contribution in [0.4, 0.5) is 5.69 Å². The Labute approximate surface area is 79.4 Å². The first-order chi connectivity index (χ1) is 6.11. The summed E-state index contributed by atoms with van der Waals surface area (Å²) < 4.78 is 0. The Morgan fingerprint density at radius 3 is 2.23 bits per heavy atom. The highest BCUT2D eigenvalue weighted by Crippen LogP contribution is 2.17. The van der Waals surface area contributed by atoms with Crippen LogP contribution < -0.4 is 11.5 Å². The molecule has 0 spiro atoms. The van der Waals surface area contributed by atoms with Crippen molar-refractivity contribution < 1.29 is 5.11 Å². The van der Waals surface area contributed by atoms with E-state index in [-0.39, 0.29) is 0 Å². The van der Waals surface area contributed by atoms with Gasteiger partial charge in [-0.2, -0.15) is 0 Å². The smallest absolute Gasteiger partial charge is 0.130 e. The lowest BCUT2D eigenvalue weighted by Crippen LogP contribution is -2.11. The lowest BCUT2D eigenvalue weighted by Gasteiger charge is -2.08. The van der Waals surface area contributed by atoms with E-state index in [4.69, 9.17) is 16.6 Å². The standard InChI is InChI=1S/C8H12N2O.C2H6/c1-5-2-3-7(9)6(4-5)8(10)11;1-2/h2-4,8,11H,9-10H2,1H3;1-2H3. The van der Waals surface area contributed by atoms with Crippen molar-refractivity contribution in [2.75, 3.05) is 5.73 Å². The Morgan fingerprint density at radius 2 is 1.85 bits per heavy atom. The van der Waals surface area contributed by atoms with Crippen LogP contribution in [0.5, 0.6) is 0 Å². The highest BCUT2D eigenvalue weighted by atomic mass is 16.3. The number of hydrogen-bond acceptors (Lipinski definition) is 3. The molecule has 5 N–H and O–H groups in total. The monoisotopic (exact) mass is 182 g/mol. The number of anilines is 1. The number of rotatable bonds is 1. The van der Waals surface area contributed by atoms with Crippen LogP contribution >= 0.6 is 0 Å². The molecule has 74 valence electrons. The minimum absolute atomic E-state index is 0.533. The Kier molecular flexibility index (Phi) is 5.11. The Bertz CT molecular complexity index is 259. The predicted molar refractivity (Wildman–Crippen MR) is 56.1 cm³/mol. The molecule has 0 amide bonds. The molecule has 0 saturated carbocycles. The zero-order valence-electron chi connectivity index (χ0n) is 8.41. The average Bonchev–Trinajstić information content (AvgIpc) is 2.12. The van der Waals surface area contributed by atoms with Crippen molar-refractivity contribution in [3.05, 3.63) is 29.3 Å². The molecule has 0 heterocycles. The van der Waals surface area contributed by atoms with Crippen LogP contribution in [0.25, 0.3) is 0 Å². The van der Waals surface area contributed by atoms with Gasteiger partial charge in [0.2, 0.25) is 0 Å². The van der Waals surface area contributed by atoms with Crippen molar-refractivity contribution in [2.24, 2.45) is 5.73 Å². The Balaban J connectivity index is 0.000000671. The molecule has 0 radical (unpaired) electrons. The molecule has 0 aromatic heterocycles. The van der Waals surface area contributed by atoms with E-state index in [0.29, 0.717) is 11.3 Å². The number of nitrogen functional groups attached to an aromatic ring is 1. The lowest BCUT2D eigenvalue weighted by atomic mass is 10.1. The molecule has 3 nitrogen and oxygen atoms in total. The number of aliphatic hydroxyl groups excluding tert-OH is 1. The van der Waals surface area contributed by atoms with Crippen molar-refractivity contribution in [3.63, 3.8) is 0 Å². The lowest BCUT2D eigenvalue weighted by molar-refractivity contribution is 0.187. The molecule has 1 atom stereocenters. The van der Waals surface area contributed by atoms with Crippen molar-refractivity contribution in [1.29, 1.82) is 0 Å². The van der Waals surface area contributed by atoms with Crippen molar-refractivity contribution >= 4 is 5.69 Å². The highest BCUT2D eigenvalue weighted by Gasteiger charge is 2.04. The van der Waals surface area contributed by atoms with Gasteiger partial charge in [-0.15, -0.1) is 0 Å². The molecule has 1 rings (SSSR count). The Hall–Kier alpha value is -1.06. The molecule has 13 heavy (non-hydrogen) atoms. The van der Waals surface area contributed by atoms with Gasteiger partial charge in [0.1, 0.15) is 6.23 Å². The second kappa shape index (κ2) is 5.56. The fourth-order valence-corrected chi connectivity index (χ4v) is 0.950. The van der Waals surface area contributed by atoms with Crippen LogP contribution in [-0.4, -0.2) is 5.11 Å². The van der Waals surface area contributed by atoms with Gasteiger partial charge in [-0.1, -0.05) is 31.5 Å². The minimum Gasteiger partial charge on any atom is -0.398 e. The topological polar surface area (TPSA) is 72.3 Å². The van der Waals surface area contributed by atoms with Crippen molar-refractivity contribution in [2.45, 2.75) is 27.0 Å². The summed E-state index contributed by atoms with van der Waals surface area (Å²) in [4.78, 5) is 0. The maximum absolute atomic E-state index is 9.03. The molecule has 1 aromatic rings. The number of aryl methyl sites for hydroxylation is 1. The summed E-state index contributed by atoms with van der Waals surface area (Å²) in [5.41, 5.74) is 13.0. The van der Waals surface area contributed by atoms with E-state index in [9.17, 15) is 0 Å². The summed E-state index contributed by atoms with van der Waals surface area (Å²) in [6.07, 6.45) is -0.977. The fraction of sp³-hybridized carbons (Fsp3) is 0.400. The summed E-state index contributed by atoms with van der Waals surface area (Å²) in [6, 6.07) is 5.39. The first kappa shape index (κ1) is 11.9. The van der Waals surface area contributed by atoms with Crippen LogP contribution in [0.2, 0.25) is 0 Å². The van der Waals surface area contributed by atoms with E-state index in [1.807, 2.05) is 26.8 Å². The molecule has 0 aliphatic carbocycles. The van der Waals surface area contributed by atoms with Crippen molar-refractivity contribution in [1.82, 2.24) is 0 Å². The second-order valence-electron chi connectivity index (χ2n) is 2.58. The van der Waals surface area contributed by atoms with E-state index in [1.165, 1.54) is 0 Å². The summed E-state index contributed by atoms with van der Waals surface area (Å²) in [6.45, 7) is 5.92. The molecule has 1 aromatic carbocycles. The van der Waals surface area contributed by atoms with Gasteiger partial charge in [0, 0.05) is 11.3 Å². The van der Waals surface area contributed by atoms with E-state index in [2.05, 4.69) is 0 Å².